The lowest BCUT2D eigenvalue weighted by molar-refractivity contribution is -0.384. The molecular formula is C16H10FN3O3S. The molecule has 120 valence electrons. The standard InChI is InChI=1S/C16H10FN3O3S/c17-13-4-2-1-3-10(13)9-14-15(21)19-16(24-14)18-11-5-7-12(8-6-11)20(22)23/h1-9H,(H,18,19,21)/b14-9-. The van der Waals surface area contributed by atoms with Gasteiger partial charge in [-0.25, -0.2) is 9.38 Å². The second kappa shape index (κ2) is 6.63. The number of carbonyl (C=O) groups is 1. The number of aliphatic imine (C=N–C) groups is 1. The maximum Gasteiger partial charge on any atom is 0.269 e. The van der Waals surface area contributed by atoms with Gasteiger partial charge in [0.1, 0.15) is 5.82 Å². The number of hydrogen-bond donors (Lipinski definition) is 1. The van der Waals surface area contributed by atoms with Gasteiger partial charge in [0.25, 0.3) is 11.6 Å². The van der Waals surface area contributed by atoms with Crippen molar-refractivity contribution in [3.8, 4) is 0 Å². The Morgan fingerprint density at radius 3 is 2.54 bits per heavy atom. The van der Waals surface area contributed by atoms with Crippen LogP contribution in [-0.2, 0) is 4.79 Å². The van der Waals surface area contributed by atoms with E-state index in [4.69, 9.17) is 0 Å². The van der Waals surface area contributed by atoms with Gasteiger partial charge in [-0.3, -0.25) is 14.9 Å². The Kier molecular flexibility index (Phi) is 4.39. The second-order valence-electron chi connectivity index (χ2n) is 4.78. The fourth-order valence-corrected chi connectivity index (χ4v) is 2.81. The molecule has 0 unspecified atom stereocenters. The average molecular weight is 343 g/mol. The summed E-state index contributed by atoms with van der Waals surface area (Å²) < 4.78 is 13.6. The highest BCUT2D eigenvalue weighted by Gasteiger charge is 2.24. The van der Waals surface area contributed by atoms with E-state index in [0.29, 0.717) is 21.3 Å². The summed E-state index contributed by atoms with van der Waals surface area (Å²) in [5.41, 5.74) is 0.740. The molecule has 2 aromatic carbocycles. The lowest BCUT2D eigenvalue weighted by atomic mass is 10.2. The first kappa shape index (κ1) is 15.9. The molecule has 1 heterocycles. The van der Waals surface area contributed by atoms with Crippen molar-refractivity contribution in [2.24, 2.45) is 4.99 Å². The van der Waals surface area contributed by atoms with Crippen LogP contribution in [0.3, 0.4) is 0 Å². The van der Waals surface area contributed by atoms with Crippen molar-refractivity contribution in [1.82, 2.24) is 5.32 Å². The predicted octanol–water partition coefficient (Wildman–Crippen LogP) is 3.63. The number of thioether (sulfide) groups is 1. The smallest absolute Gasteiger partial charge is 0.269 e. The van der Waals surface area contributed by atoms with E-state index in [9.17, 15) is 19.3 Å². The Hall–Kier alpha value is -3.00. The van der Waals surface area contributed by atoms with E-state index in [0.717, 1.165) is 11.8 Å². The van der Waals surface area contributed by atoms with E-state index < -0.39 is 10.7 Å². The average Bonchev–Trinajstić information content (AvgIpc) is 2.89. The van der Waals surface area contributed by atoms with Gasteiger partial charge >= 0.3 is 0 Å². The molecule has 0 aliphatic carbocycles. The monoisotopic (exact) mass is 343 g/mol. The Bertz CT molecular complexity index is 878. The molecule has 1 fully saturated rings. The Balaban J connectivity index is 1.81. The summed E-state index contributed by atoms with van der Waals surface area (Å²) in [5, 5.41) is 13.5. The fourth-order valence-electron chi connectivity index (χ4n) is 1.98. The number of nitrogens with zero attached hydrogens (tertiary/aromatic N) is 2. The van der Waals surface area contributed by atoms with Gasteiger partial charge in [-0.1, -0.05) is 18.2 Å². The summed E-state index contributed by atoms with van der Waals surface area (Å²) in [6, 6.07) is 11.8. The highest BCUT2D eigenvalue weighted by Crippen LogP contribution is 2.29. The van der Waals surface area contributed by atoms with E-state index in [1.165, 1.54) is 36.4 Å². The summed E-state index contributed by atoms with van der Waals surface area (Å²) in [7, 11) is 0. The SMILES string of the molecule is O=C1NC(=Nc2ccc([N+](=O)[O-])cc2)S/C1=C\c1ccccc1F. The molecule has 1 saturated heterocycles. The van der Waals surface area contributed by atoms with E-state index in [-0.39, 0.29) is 11.6 Å². The van der Waals surface area contributed by atoms with Gasteiger partial charge in [-0.2, -0.15) is 0 Å². The molecule has 24 heavy (non-hydrogen) atoms. The molecule has 1 amide bonds. The number of hydrogen-bond acceptors (Lipinski definition) is 5. The molecule has 0 atom stereocenters. The number of carbonyl (C=O) groups excluding carboxylic acids is 1. The van der Waals surface area contributed by atoms with Gasteiger partial charge in [0.15, 0.2) is 5.17 Å². The Morgan fingerprint density at radius 2 is 1.88 bits per heavy atom. The van der Waals surface area contributed by atoms with Crippen LogP contribution in [0.5, 0.6) is 0 Å². The van der Waals surface area contributed by atoms with Crippen LogP contribution in [0.25, 0.3) is 6.08 Å². The number of rotatable bonds is 3. The van der Waals surface area contributed by atoms with Crippen molar-refractivity contribution in [2.75, 3.05) is 0 Å². The highest BCUT2D eigenvalue weighted by molar-refractivity contribution is 8.18. The fraction of sp³-hybridized carbons (Fsp3) is 0. The van der Waals surface area contributed by atoms with E-state index >= 15 is 0 Å². The van der Waals surface area contributed by atoms with Crippen molar-refractivity contribution >= 4 is 40.3 Å². The lowest BCUT2D eigenvalue weighted by Crippen LogP contribution is -2.19. The second-order valence-corrected chi connectivity index (χ2v) is 5.81. The third-order valence-electron chi connectivity index (χ3n) is 3.13. The van der Waals surface area contributed by atoms with E-state index in [1.54, 1.807) is 18.2 Å². The van der Waals surface area contributed by atoms with Gasteiger partial charge in [0, 0.05) is 17.7 Å². The minimum atomic E-state index is -0.502. The summed E-state index contributed by atoms with van der Waals surface area (Å²) >= 11 is 1.08. The number of benzene rings is 2. The first-order valence-electron chi connectivity index (χ1n) is 6.81. The van der Waals surface area contributed by atoms with Crippen molar-refractivity contribution in [3.05, 3.63) is 74.9 Å². The van der Waals surface area contributed by atoms with Crippen LogP contribution in [0.2, 0.25) is 0 Å². The number of nitro groups is 1. The van der Waals surface area contributed by atoms with Crippen molar-refractivity contribution in [2.45, 2.75) is 0 Å². The zero-order chi connectivity index (χ0) is 17.1. The third-order valence-corrected chi connectivity index (χ3v) is 4.04. The van der Waals surface area contributed by atoms with Crippen LogP contribution in [0.15, 0.2) is 58.4 Å². The van der Waals surface area contributed by atoms with Crippen LogP contribution in [-0.4, -0.2) is 16.0 Å². The summed E-state index contributed by atoms with van der Waals surface area (Å²) in [6.45, 7) is 0. The topological polar surface area (TPSA) is 84.6 Å². The zero-order valence-corrected chi connectivity index (χ0v) is 12.9. The molecule has 0 bridgehead atoms. The molecule has 3 rings (SSSR count). The normalized spacial score (nSPS) is 17.3. The minimum absolute atomic E-state index is 0.0396. The van der Waals surface area contributed by atoms with Gasteiger partial charge in [0.05, 0.1) is 15.5 Å². The Labute approximate surface area is 140 Å². The van der Waals surface area contributed by atoms with Crippen molar-refractivity contribution < 1.29 is 14.1 Å². The van der Waals surface area contributed by atoms with Crippen LogP contribution in [0.1, 0.15) is 5.56 Å². The first-order chi connectivity index (χ1) is 11.5. The third kappa shape index (κ3) is 3.49. The van der Waals surface area contributed by atoms with Gasteiger partial charge < -0.3 is 5.32 Å². The first-order valence-corrected chi connectivity index (χ1v) is 7.63. The number of non-ortho nitro benzene ring substituents is 1. The molecule has 0 radical (unpaired) electrons. The molecule has 8 heteroatoms. The molecule has 0 spiro atoms. The minimum Gasteiger partial charge on any atom is -0.300 e. The van der Waals surface area contributed by atoms with Crippen LogP contribution in [0.4, 0.5) is 15.8 Å². The lowest BCUT2D eigenvalue weighted by Gasteiger charge is -1.97. The number of amides is 1. The van der Waals surface area contributed by atoms with Crippen LogP contribution >= 0.6 is 11.8 Å². The van der Waals surface area contributed by atoms with Crippen LogP contribution < -0.4 is 5.32 Å². The maximum absolute atomic E-state index is 13.6. The molecule has 1 aliphatic heterocycles. The molecule has 2 aromatic rings. The number of amidine groups is 1. The number of nitrogens with one attached hydrogen (secondary N) is 1. The molecule has 1 aliphatic rings. The van der Waals surface area contributed by atoms with Gasteiger partial charge in [0.2, 0.25) is 0 Å². The van der Waals surface area contributed by atoms with Crippen molar-refractivity contribution in [1.29, 1.82) is 0 Å². The molecular weight excluding hydrogens is 333 g/mol. The molecule has 1 N–H and O–H groups in total. The number of halogens is 1. The van der Waals surface area contributed by atoms with E-state index in [1.807, 2.05) is 0 Å². The maximum atomic E-state index is 13.6. The Morgan fingerprint density at radius 1 is 1.17 bits per heavy atom. The highest BCUT2D eigenvalue weighted by atomic mass is 32.2. The summed E-state index contributed by atoms with van der Waals surface area (Å²) in [5.74, 6) is -0.789. The van der Waals surface area contributed by atoms with Crippen LogP contribution in [0, 0.1) is 15.9 Å². The zero-order valence-electron chi connectivity index (χ0n) is 12.1. The quantitative estimate of drug-likeness (QED) is 0.524. The van der Waals surface area contributed by atoms with Gasteiger partial charge in [-0.05, 0) is 36.0 Å². The van der Waals surface area contributed by atoms with Crippen molar-refractivity contribution in [3.63, 3.8) is 0 Å². The molecule has 0 aromatic heterocycles. The largest absolute Gasteiger partial charge is 0.300 e. The number of nitro benzene ring substituents is 1. The predicted molar refractivity (Wildman–Crippen MR) is 90.3 cm³/mol. The van der Waals surface area contributed by atoms with Gasteiger partial charge in [-0.15, -0.1) is 0 Å². The summed E-state index contributed by atoms with van der Waals surface area (Å²) in [4.78, 5) is 26.6. The summed E-state index contributed by atoms with van der Waals surface area (Å²) in [6.07, 6.45) is 1.45. The van der Waals surface area contributed by atoms with E-state index in [2.05, 4.69) is 10.3 Å². The molecule has 6 nitrogen and oxygen atoms in total. The molecule has 0 saturated carbocycles.